The van der Waals surface area contributed by atoms with E-state index in [9.17, 15) is 4.79 Å². The van der Waals surface area contributed by atoms with Gasteiger partial charge in [-0.2, -0.15) is 0 Å². The topological polar surface area (TPSA) is 29.1 Å². The number of allylic oxidation sites excluding steroid dienone is 1. The number of aryl methyl sites for hydroxylation is 2. The molecule has 102 valence electrons. The fraction of sp³-hybridized carbons (Fsp3) is 0.118. The summed E-state index contributed by atoms with van der Waals surface area (Å²) in [6.45, 7) is 4.06. The zero-order valence-corrected chi connectivity index (χ0v) is 12.2. The SMILES string of the molecule is Cc1cccc(C)c1NC=CC(=O)c1ccc(Cl)cc1. The number of hydrogen-bond donors (Lipinski definition) is 1. The predicted molar refractivity (Wildman–Crippen MR) is 84.5 cm³/mol. The Kier molecular flexibility index (Phi) is 4.59. The van der Waals surface area contributed by atoms with Crippen LogP contribution in [-0.4, -0.2) is 5.78 Å². The highest BCUT2D eigenvalue weighted by Crippen LogP contribution is 2.19. The molecule has 0 fully saturated rings. The summed E-state index contributed by atoms with van der Waals surface area (Å²) >= 11 is 5.79. The van der Waals surface area contributed by atoms with E-state index in [1.807, 2.05) is 32.0 Å². The molecule has 2 aromatic rings. The lowest BCUT2D eigenvalue weighted by Crippen LogP contribution is -1.98. The van der Waals surface area contributed by atoms with Crippen molar-refractivity contribution >= 4 is 23.1 Å². The van der Waals surface area contributed by atoms with Gasteiger partial charge in [0.1, 0.15) is 0 Å². The molecule has 2 aromatic carbocycles. The summed E-state index contributed by atoms with van der Waals surface area (Å²) < 4.78 is 0. The van der Waals surface area contributed by atoms with Crippen molar-refractivity contribution < 1.29 is 4.79 Å². The summed E-state index contributed by atoms with van der Waals surface area (Å²) in [6, 6.07) is 12.9. The maximum atomic E-state index is 11.9. The van der Waals surface area contributed by atoms with Crippen molar-refractivity contribution in [3.63, 3.8) is 0 Å². The number of halogens is 1. The molecule has 0 aliphatic rings. The lowest BCUT2D eigenvalue weighted by molar-refractivity contribution is 0.104. The average molecular weight is 286 g/mol. The van der Waals surface area contributed by atoms with E-state index < -0.39 is 0 Å². The van der Waals surface area contributed by atoms with Crippen LogP contribution >= 0.6 is 11.6 Å². The molecule has 0 bridgehead atoms. The van der Waals surface area contributed by atoms with Crippen molar-refractivity contribution in [2.75, 3.05) is 5.32 Å². The first-order valence-electron chi connectivity index (χ1n) is 6.37. The molecule has 0 saturated heterocycles. The minimum atomic E-state index is -0.0552. The maximum Gasteiger partial charge on any atom is 0.187 e. The Morgan fingerprint density at radius 2 is 1.65 bits per heavy atom. The molecule has 2 rings (SSSR count). The lowest BCUT2D eigenvalue weighted by atomic mass is 10.1. The molecule has 0 atom stereocenters. The van der Waals surface area contributed by atoms with Gasteiger partial charge in [-0.25, -0.2) is 0 Å². The third-order valence-electron chi connectivity index (χ3n) is 3.07. The van der Waals surface area contributed by atoms with Crippen LogP contribution in [0.1, 0.15) is 21.5 Å². The molecule has 2 nitrogen and oxygen atoms in total. The third-order valence-corrected chi connectivity index (χ3v) is 3.32. The first-order valence-corrected chi connectivity index (χ1v) is 6.75. The molecule has 0 heterocycles. The molecule has 3 heteroatoms. The van der Waals surface area contributed by atoms with Crippen molar-refractivity contribution in [3.05, 3.63) is 76.5 Å². The van der Waals surface area contributed by atoms with Gasteiger partial charge in [0.05, 0.1) is 0 Å². The number of rotatable bonds is 4. The van der Waals surface area contributed by atoms with Crippen LogP contribution in [0.4, 0.5) is 5.69 Å². The fourth-order valence-electron chi connectivity index (χ4n) is 1.95. The van der Waals surface area contributed by atoms with Crippen molar-refractivity contribution in [3.8, 4) is 0 Å². The van der Waals surface area contributed by atoms with Crippen LogP contribution in [0.15, 0.2) is 54.7 Å². The highest BCUT2D eigenvalue weighted by atomic mass is 35.5. The first-order chi connectivity index (χ1) is 9.58. The van der Waals surface area contributed by atoms with Gasteiger partial charge in [0.25, 0.3) is 0 Å². The van der Waals surface area contributed by atoms with E-state index in [-0.39, 0.29) is 5.78 Å². The Hall–Kier alpha value is -2.06. The minimum Gasteiger partial charge on any atom is -0.361 e. The van der Waals surface area contributed by atoms with E-state index in [0.717, 1.165) is 16.8 Å². The monoisotopic (exact) mass is 285 g/mol. The summed E-state index contributed by atoms with van der Waals surface area (Å²) in [5, 5.41) is 3.79. The van der Waals surface area contributed by atoms with Crippen molar-refractivity contribution in [2.24, 2.45) is 0 Å². The second-order valence-electron chi connectivity index (χ2n) is 4.62. The molecule has 0 unspecified atom stereocenters. The Bertz CT molecular complexity index is 624. The van der Waals surface area contributed by atoms with Gasteiger partial charge in [-0.1, -0.05) is 29.8 Å². The predicted octanol–water partition coefficient (Wildman–Crippen LogP) is 4.77. The van der Waals surface area contributed by atoms with E-state index in [2.05, 4.69) is 5.32 Å². The molecule has 0 aliphatic heterocycles. The van der Waals surface area contributed by atoms with Gasteiger partial charge < -0.3 is 5.32 Å². The zero-order valence-electron chi connectivity index (χ0n) is 11.5. The highest BCUT2D eigenvalue weighted by molar-refractivity contribution is 6.30. The maximum absolute atomic E-state index is 11.9. The quantitative estimate of drug-likeness (QED) is 0.648. The normalized spacial score (nSPS) is 10.8. The average Bonchev–Trinajstić information content (AvgIpc) is 2.42. The van der Waals surface area contributed by atoms with E-state index in [1.54, 1.807) is 30.5 Å². The van der Waals surface area contributed by atoms with Gasteiger partial charge in [-0.15, -0.1) is 0 Å². The molecule has 0 amide bonds. The Labute approximate surface area is 124 Å². The van der Waals surface area contributed by atoms with Gasteiger partial charge >= 0.3 is 0 Å². The second kappa shape index (κ2) is 6.40. The number of ketones is 1. The molecule has 0 radical (unpaired) electrons. The van der Waals surface area contributed by atoms with Gasteiger partial charge in [0.15, 0.2) is 5.78 Å². The molecule has 0 aromatic heterocycles. The van der Waals surface area contributed by atoms with E-state index in [1.165, 1.54) is 6.08 Å². The van der Waals surface area contributed by atoms with Gasteiger partial charge in [-0.05, 0) is 49.2 Å². The summed E-state index contributed by atoms with van der Waals surface area (Å²) in [5.74, 6) is -0.0552. The van der Waals surface area contributed by atoms with Gasteiger partial charge in [-0.3, -0.25) is 4.79 Å². The fourth-order valence-corrected chi connectivity index (χ4v) is 2.08. The van der Waals surface area contributed by atoms with Crippen LogP contribution in [0.25, 0.3) is 0 Å². The smallest absolute Gasteiger partial charge is 0.187 e. The first kappa shape index (κ1) is 14.4. The van der Waals surface area contributed by atoms with Gasteiger partial charge in [0, 0.05) is 28.5 Å². The van der Waals surface area contributed by atoms with Crippen LogP contribution in [0, 0.1) is 13.8 Å². The largest absolute Gasteiger partial charge is 0.361 e. The molecule has 20 heavy (non-hydrogen) atoms. The van der Waals surface area contributed by atoms with Crippen LogP contribution < -0.4 is 5.32 Å². The summed E-state index contributed by atoms with van der Waals surface area (Å²) in [4.78, 5) is 11.9. The van der Waals surface area contributed by atoms with Crippen LogP contribution in [0.3, 0.4) is 0 Å². The van der Waals surface area contributed by atoms with E-state index >= 15 is 0 Å². The van der Waals surface area contributed by atoms with Crippen LogP contribution in [0.5, 0.6) is 0 Å². The number of carbonyl (C=O) groups is 1. The Morgan fingerprint density at radius 3 is 2.25 bits per heavy atom. The number of para-hydroxylation sites is 1. The molecular weight excluding hydrogens is 270 g/mol. The minimum absolute atomic E-state index is 0.0552. The summed E-state index contributed by atoms with van der Waals surface area (Å²) in [6.07, 6.45) is 3.20. The highest BCUT2D eigenvalue weighted by Gasteiger charge is 2.02. The number of hydrogen-bond acceptors (Lipinski definition) is 2. The number of nitrogens with one attached hydrogen (secondary N) is 1. The number of carbonyl (C=O) groups excluding carboxylic acids is 1. The van der Waals surface area contributed by atoms with Crippen molar-refractivity contribution in [1.29, 1.82) is 0 Å². The lowest BCUT2D eigenvalue weighted by Gasteiger charge is -2.08. The van der Waals surface area contributed by atoms with E-state index in [0.29, 0.717) is 10.6 Å². The molecule has 0 saturated carbocycles. The molecule has 0 aliphatic carbocycles. The standard InChI is InChI=1S/C17H16ClNO/c1-12-4-3-5-13(2)17(12)19-11-10-16(20)14-6-8-15(18)9-7-14/h3-11,19H,1-2H3. The molecule has 1 N–H and O–H groups in total. The second-order valence-corrected chi connectivity index (χ2v) is 5.05. The van der Waals surface area contributed by atoms with Crippen LogP contribution in [-0.2, 0) is 0 Å². The van der Waals surface area contributed by atoms with Gasteiger partial charge in [0.2, 0.25) is 0 Å². The Balaban J connectivity index is 2.07. The molecule has 0 spiro atoms. The number of benzene rings is 2. The third kappa shape index (κ3) is 3.49. The van der Waals surface area contributed by atoms with E-state index in [4.69, 9.17) is 11.6 Å². The van der Waals surface area contributed by atoms with Crippen LogP contribution in [0.2, 0.25) is 5.02 Å². The van der Waals surface area contributed by atoms with Crippen molar-refractivity contribution in [2.45, 2.75) is 13.8 Å². The Morgan fingerprint density at radius 1 is 1.05 bits per heavy atom. The summed E-state index contributed by atoms with van der Waals surface area (Å²) in [7, 11) is 0. The molecular formula is C17H16ClNO. The van der Waals surface area contributed by atoms with Crippen molar-refractivity contribution in [1.82, 2.24) is 0 Å². The summed E-state index contributed by atoms with van der Waals surface area (Å²) in [5.41, 5.74) is 3.95. The number of anilines is 1. The zero-order chi connectivity index (χ0) is 14.5.